The number of ether oxygens (including phenoxy) is 2. The summed E-state index contributed by atoms with van der Waals surface area (Å²) in [5.41, 5.74) is -0.770. The van der Waals surface area contributed by atoms with Crippen molar-refractivity contribution in [1.82, 2.24) is 4.90 Å². The van der Waals surface area contributed by atoms with Crippen molar-refractivity contribution in [3.8, 4) is 0 Å². The van der Waals surface area contributed by atoms with Crippen LogP contribution in [-0.4, -0.2) is 64.7 Å². The lowest BCUT2D eigenvalue weighted by Gasteiger charge is -2.27. The number of carbonyl (C=O) groups excluding carboxylic acids is 2. The molecule has 0 spiro atoms. The summed E-state index contributed by atoms with van der Waals surface area (Å²) >= 11 is 0. The molecule has 0 aliphatic carbocycles. The highest BCUT2D eigenvalue weighted by Gasteiger charge is 2.50. The molecule has 1 fully saturated rings. The maximum atomic E-state index is 11.9. The lowest BCUT2D eigenvalue weighted by atomic mass is 10.1. The van der Waals surface area contributed by atoms with E-state index >= 15 is 0 Å². The van der Waals surface area contributed by atoms with Crippen molar-refractivity contribution >= 4 is 12.0 Å². The van der Waals surface area contributed by atoms with E-state index in [1.54, 1.807) is 20.8 Å². The van der Waals surface area contributed by atoms with Crippen LogP contribution in [0.3, 0.4) is 0 Å². The molecule has 7 nitrogen and oxygen atoms in total. The maximum Gasteiger partial charge on any atom is 0.417 e. The van der Waals surface area contributed by atoms with E-state index in [0.29, 0.717) is 4.90 Å². The molecule has 2 amide bonds. The Balaban J connectivity index is 2.89. The fourth-order valence-electron chi connectivity index (χ4n) is 1.70. The Labute approximate surface area is 105 Å². The maximum absolute atomic E-state index is 11.9. The molecular weight excluding hydrogens is 242 g/mol. The number of hydrogen-bond acceptors (Lipinski definition) is 6. The Hall–Kier alpha value is -1.18. The minimum absolute atomic E-state index is 0.0663. The molecule has 7 heteroatoms. The number of methoxy groups -OCH3 is 1. The first-order valence-corrected chi connectivity index (χ1v) is 5.60. The fourth-order valence-corrected chi connectivity index (χ4v) is 1.70. The average molecular weight is 261 g/mol. The minimum Gasteiger partial charge on any atom is -0.443 e. The van der Waals surface area contributed by atoms with Crippen LogP contribution in [0.1, 0.15) is 20.8 Å². The van der Waals surface area contributed by atoms with E-state index in [1.807, 2.05) is 0 Å². The summed E-state index contributed by atoms with van der Waals surface area (Å²) in [5, 5.41) is 19.2. The molecule has 0 aromatic rings. The van der Waals surface area contributed by atoms with Crippen LogP contribution in [-0.2, 0) is 14.3 Å². The van der Waals surface area contributed by atoms with Gasteiger partial charge in [0.1, 0.15) is 11.7 Å². The van der Waals surface area contributed by atoms with Crippen LogP contribution in [0.15, 0.2) is 0 Å². The summed E-state index contributed by atoms with van der Waals surface area (Å²) in [4.78, 5) is 24.3. The molecule has 104 valence electrons. The van der Waals surface area contributed by atoms with E-state index in [0.717, 1.165) is 0 Å². The Bertz CT molecular complexity index is 337. The Morgan fingerprint density at radius 3 is 2.39 bits per heavy atom. The third kappa shape index (κ3) is 2.98. The SMILES string of the molecule is COC[C@@H]1[C@@H](O)[C@@H](O)C(=O)N1C(=O)OC(C)(C)C. The molecule has 18 heavy (non-hydrogen) atoms. The number of imide groups is 1. The predicted octanol–water partition coefficient (Wildman–Crippen LogP) is -0.500. The second kappa shape index (κ2) is 5.21. The van der Waals surface area contributed by atoms with Crippen LogP contribution < -0.4 is 0 Å². The third-order valence-corrected chi connectivity index (χ3v) is 2.47. The first-order valence-electron chi connectivity index (χ1n) is 5.60. The predicted molar refractivity (Wildman–Crippen MR) is 60.8 cm³/mol. The highest BCUT2D eigenvalue weighted by Crippen LogP contribution is 2.23. The zero-order chi connectivity index (χ0) is 14.1. The molecule has 3 atom stereocenters. The van der Waals surface area contributed by atoms with Crippen LogP contribution in [0.4, 0.5) is 4.79 Å². The summed E-state index contributed by atoms with van der Waals surface area (Å²) in [6, 6.07) is -0.938. The molecule has 0 unspecified atom stereocenters. The summed E-state index contributed by atoms with van der Waals surface area (Å²) in [5.74, 6) is -0.876. The molecule has 1 heterocycles. The van der Waals surface area contributed by atoms with Crippen molar-refractivity contribution in [2.24, 2.45) is 0 Å². The molecule has 1 aliphatic heterocycles. The van der Waals surface area contributed by atoms with Crippen molar-refractivity contribution in [2.45, 2.75) is 44.6 Å². The molecule has 0 aromatic heterocycles. The van der Waals surface area contributed by atoms with Crippen LogP contribution in [0.25, 0.3) is 0 Å². The van der Waals surface area contributed by atoms with E-state index in [2.05, 4.69) is 0 Å². The minimum atomic E-state index is -1.63. The van der Waals surface area contributed by atoms with Gasteiger partial charge in [-0.25, -0.2) is 9.69 Å². The first-order chi connectivity index (χ1) is 8.19. The Morgan fingerprint density at radius 1 is 1.39 bits per heavy atom. The number of hydrogen-bond donors (Lipinski definition) is 2. The standard InChI is InChI=1S/C11H19NO6/c1-11(2,3)18-10(16)12-6(5-17-4)7(13)8(14)9(12)15/h6-8,13-14H,5H2,1-4H3/t6-,7-,8-/m1/s1. The van der Waals surface area contributed by atoms with Gasteiger partial charge in [0, 0.05) is 7.11 Å². The van der Waals surface area contributed by atoms with Gasteiger partial charge in [0.05, 0.1) is 12.6 Å². The third-order valence-electron chi connectivity index (χ3n) is 2.47. The number of nitrogens with zero attached hydrogens (tertiary/aromatic N) is 1. The molecule has 0 radical (unpaired) electrons. The van der Waals surface area contributed by atoms with Gasteiger partial charge in [-0.3, -0.25) is 4.79 Å². The van der Waals surface area contributed by atoms with Crippen LogP contribution in [0.2, 0.25) is 0 Å². The second-order valence-corrected chi connectivity index (χ2v) is 5.15. The van der Waals surface area contributed by atoms with Crippen LogP contribution in [0, 0.1) is 0 Å². The van der Waals surface area contributed by atoms with Crippen molar-refractivity contribution in [2.75, 3.05) is 13.7 Å². The number of likely N-dealkylation sites (tertiary alicyclic amines) is 1. The van der Waals surface area contributed by atoms with Gasteiger partial charge in [-0.2, -0.15) is 0 Å². The van der Waals surface area contributed by atoms with Gasteiger partial charge in [-0.15, -0.1) is 0 Å². The number of amides is 2. The van der Waals surface area contributed by atoms with Gasteiger partial charge in [-0.1, -0.05) is 0 Å². The van der Waals surface area contributed by atoms with E-state index < -0.39 is 35.9 Å². The van der Waals surface area contributed by atoms with Crippen LogP contribution >= 0.6 is 0 Å². The van der Waals surface area contributed by atoms with E-state index in [1.165, 1.54) is 7.11 Å². The molecule has 1 rings (SSSR count). The van der Waals surface area contributed by atoms with E-state index in [-0.39, 0.29) is 6.61 Å². The van der Waals surface area contributed by atoms with Gasteiger partial charge < -0.3 is 19.7 Å². The highest BCUT2D eigenvalue weighted by molar-refractivity contribution is 5.97. The van der Waals surface area contributed by atoms with Gasteiger partial charge in [0.15, 0.2) is 6.10 Å². The summed E-state index contributed by atoms with van der Waals surface area (Å²) in [6.45, 7) is 4.90. The number of carbonyl (C=O) groups is 2. The zero-order valence-electron chi connectivity index (χ0n) is 10.9. The summed E-state index contributed by atoms with van der Waals surface area (Å²) in [6.07, 6.45) is -3.90. The molecule has 0 bridgehead atoms. The monoisotopic (exact) mass is 261 g/mol. The summed E-state index contributed by atoms with van der Waals surface area (Å²) in [7, 11) is 1.37. The number of aliphatic hydroxyl groups is 2. The molecule has 0 aromatic carbocycles. The van der Waals surface area contributed by atoms with Crippen molar-refractivity contribution in [3.63, 3.8) is 0 Å². The second-order valence-electron chi connectivity index (χ2n) is 5.15. The Morgan fingerprint density at radius 2 is 1.94 bits per heavy atom. The molecule has 2 N–H and O–H groups in total. The van der Waals surface area contributed by atoms with Gasteiger partial charge in [-0.05, 0) is 20.8 Å². The van der Waals surface area contributed by atoms with E-state index in [9.17, 15) is 19.8 Å². The highest BCUT2D eigenvalue weighted by atomic mass is 16.6. The first kappa shape index (κ1) is 14.9. The molecule has 0 saturated carbocycles. The fraction of sp³-hybridized carbons (Fsp3) is 0.818. The van der Waals surface area contributed by atoms with Crippen molar-refractivity contribution in [3.05, 3.63) is 0 Å². The van der Waals surface area contributed by atoms with Crippen molar-refractivity contribution < 1.29 is 29.3 Å². The number of rotatable bonds is 2. The van der Waals surface area contributed by atoms with Crippen molar-refractivity contribution in [1.29, 1.82) is 0 Å². The molecular formula is C11H19NO6. The summed E-state index contributed by atoms with van der Waals surface area (Å²) < 4.78 is 9.88. The average Bonchev–Trinajstić information content (AvgIpc) is 2.42. The number of aliphatic hydroxyl groups excluding tert-OH is 2. The van der Waals surface area contributed by atoms with E-state index in [4.69, 9.17) is 9.47 Å². The normalized spacial score (nSPS) is 28.7. The Kier molecular flexibility index (Phi) is 4.31. The topological polar surface area (TPSA) is 96.3 Å². The lowest BCUT2D eigenvalue weighted by Crippen LogP contribution is -2.46. The van der Waals surface area contributed by atoms with Gasteiger partial charge >= 0.3 is 6.09 Å². The lowest BCUT2D eigenvalue weighted by molar-refractivity contribution is -0.135. The van der Waals surface area contributed by atoms with Gasteiger partial charge in [0.2, 0.25) is 0 Å². The van der Waals surface area contributed by atoms with Gasteiger partial charge in [0.25, 0.3) is 5.91 Å². The largest absolute Gasteiger partial charge is 0.443 e. The quantitative estimate of drug-likeness (QED) is 0.695. The zero-order valence-corrected chi connectivity index (χ0v) is 10.9. The molecule has 1 saturated heterocycles. The molecule has 1 aliphatic rings. The smallest absolute Gasteiger partial charge is 0.417 e. The van der Waals surface area contributed by atoms with Crippen LogP contribution in [0.5, 0.6) is 0 Å².